The number of piperidine rings is 1. The quantitative estimate of drug-likeness (QED) is 0.463. The Balaban J connectivity index is 1.48. The molecule has 1 amide bonds. The molecule has 10 heteroatoms. The molecule has 2 aromatic heterocycles. The number of aromatic nitrogens is 2. The summed E-state index contributed by atoms with van der Waals surface area (Å²) in [5.74, 6) is -0.461. The number of amides is 1. The molecule has 198 valence electrons. The Morgan fingerprint density at radius 1 is 1.00 bits per heavy atom. The van der Waals surface area contributed by atoms with Crippen LogP contribution in [0.5, 0.6) is 0 Å². The molecule has 38 heavy (non-hydrogen) atoms. The predicted molar refractivity (Wildman–Crippen MR) is 150 cm³/mol. The van der Waals surface area contributed by atoms with Crippen molar-refractivity contribution in [1.29, 1.82) is 0 Å². The van der Waals surface area contributed by atoms with Gasteiger partial charge in [-0.15, -0.1) is 0 Å². The van der Waals surface area contributed by atoms with Crippen LogP contribution in [0.2, 0.25) is 0 Å². The number of benzene rings is 1. The molecular weight excluding hydrogens is 500 g/mol. The van der Waals surface area contributed by atoms with Gasteiger partial charge >= 0.3 is 0 Å². The number of pyridine rings is 2. The molecule has 9 nitrogen and oxygen atoms in total. The number of nitrogens with one attached hydrogen (secondary N) is 1. The Bertz CT molecular complexity index is 1460. The lowest BCUT2D eigenvalue weighted by Crippen LogP contribution is -2.30. The first-order valence-electron chi connectivity index (χ1n) is 12.9. The summed E-state index contributed by atoms with van der Waals surface area (Å²) in [5.41, 5.74) is 9.66. The summed E-state index contributed by atoms with van der Waals surface area (Å²) in [4.78, 5) is 24.6. The smallest absolute Gasteiger partial charge is 0.276 e. The molecule has 0 unspecified atom stereocenters. The van der Waals surface area contributed by atoms with E-state index in [0.717, 1.165) is 44.5 Å². The van der Waals surface area contributed by atoms with E-state index in [4.69, 9.17) is 5.73 Å². The molecule has 0 aliphatic carbocycles. The molecule has 4 heterocycles. The van der Waals surface area contributed by atoms with Crippen molar-refractivity contribution in [1.82, 2.24) is 14.3 Å². The van der Waals surface area contributed by atoms with Crippen molar-refractivity contribution in [2.75, 3.05) is 42.1 Å². The summed E-state index contributed by atoms with van der Waals surface area (Å²) >= 11 is 0. The minimum absolute atomic E-state index is 0.0544. The molecule has 0 bridgehead atoms. The summed E-state index contributed by atoms with van der Waals surface area (Å²) < 4.78 is 27.9. The molecular formula is C28H32N6O3S. The topological polar surface area (TPSA) is 122 Å². The summed E-state index contributed by atoms with van der Waals surface area (Å²) in [7, 11) is -3.63. The minimum atomic E-state index is -3.63. The van der Waals surface area contributed by atoms with E-state index in [1.54, 1.807) is 48.8 Å². The molecule has 5 rings (SSSR count). The maximum absolute atomic E-state index is 13.4. The molecule has 0 atom stereocenters. The average Bonchev–Trinajstić information content (AvgIpc) is 3.50. The van der Waals surface area contributed by atoms with Gasteiger partial charge in [0.25, 0.3) is 5.91 Å². The van der Waals surface area contributed by atoms with Gasteiger partial charge < -0.3 is 16.0 Å². The second-order valence-corrected chi connectivity index (χ2v) is 11.5. The molecule has 0 spiro atoms. The lowest BCUT2D eigenvalue weighted by molar-refractivity contribution is 0.102. The maximum atomic E-state index is 13.4. The first kappa shape index (κ1) is 25.9. The second-order valence-electron chi connectivity index (χ2n) is 9.59. The zero-order chi connectivity index (χ0) is 26.7. The number of carbonyl (C=O) groups excluding carboxylic acids is 1. The molecule has 0 radical (unpaired) electrons. The first-order chi connectivity index (χ1) is 18.4. The van der Waals surface area contributed by atoms with Gasteiger partial charge in [-0.25, -0.2) is 13.4 Å². The highest BCUT2D eigenvalue weighted by molar-refractivity contribution is 7.89. The van der Waals surface area contributed by atoms with E-state index in [-0.39, 0.29) is 16.3 Å². The lowest BCUT2D eigenvalue weighted by Gasteiger charge is -2.30. The third-order valence-corrected chi connectivity index (χ3v) is 9.00. The van der Waals surface area contributed by atoms with Gasteiger partial charge in [0, 0.05) is 37.9 Å². The summed E-state index contributed by atoms with van der Waals surface area (Å²) in [6.07, 6.45) is 10.1. The van der Waals surface area contributed by atoms with Crippen molar-refractivity contribution in [3.05, 3.63) is 66.6 Å². The Hall–Kier alpha value is -3.76. The highest BCUT2D eigenvalue weighted by Gasteiger charge is 2.28. The number of hydrogen-bond donors (Lipinski definition) is 2. The van der Waals surface area contributed by atoms with E-state index in [9.17, 15) is 13.2 Å². The summed E-state index contributed by atoms with van der Waals surface area (Å²) in [5, 5.41) is 2.94. The van der Waals surface area contributed by atoms with Gasteiger partial charge in [-0.2, -0.15) is 4.31 Å². The molecule has 3 N–H and O–H groups in total. The lowest BCUT2D eigenvalue weighted by atomic mass is 10.0. The van der Waals surface area contributed by atoms with Crippen LogP contribution in [0.25, 0.3) is 17.3 Å². The molecule has 2 aliphatic heterocycles. The highest BCUT2D eigenvalue weighted by Crippen LogP contribution is 2.31. The van der Waals surface area contributed by atoms with E-state index in [1.165, 1.54) is 10.7 Å². The number of sulfonamides is 1. The van der Waals surface area contributed by atoms with Gasteiger partial charge in [0.15, 0.2) is 5.69 Å². The number of hydrogen-bond acceptors (Lipinski definition) is 7. The van der Waals surface area contributed by atoms with Crippen LogP contribution in [-0.4, -0.2) is 54.8 Å². The molecule has 1 aromatic carbocycles. The Morgan fingerprint density at radius 2 is 1.74 bits per heavy atom. The number of nitrogens with zero attached hydrogens (tertiary/aromatic N) is 4. The van der Waals surface area contributed by atoms with Crippen molar-refractivity contribution < 1.29 is 13.2 Å². The normalized spacial score (nSPS) is 16.4. The van der Waals surface area contributed by atoms with Crippen LogP contribution in [-0.2, 0) is 10.0 Å². The van der Waals surface area contributed by atoms with Crippen molar-refractivity contribution in [2.24, 2.45) is 0 Å². The minimum Gasteiger partial charge on any atom is -0.397 e. The van der Waals surface area contributed by atoms with Crippen LogP contribution >= 0.6 is 0 Å². The zero-order valence-corrected chi connectivity index (χ0v) is 22.1. The van der Waals surface area contributed by atoms with E-state index in [2.05, 4.69) is 26.8 Å². The van der Waals surface area contributed by atoms with Gasteiger partial charge in [-0.05, 0) is 68.0 Å². The number of nitrogens with two attached hydrogens (primary N) is 1. The van der Waals surface area contributed by atoms with Crippen molar-refractivity contribution in [3.8, 4) is 11.3 Å². The van der Waals surface area contributed by atoms with Gasteiger partial charge in [-0.1, -0.05) is 18.7 Å². The standard InChI is InChI=1S/C28H32N6O3S/c1-2-20-8-9-21(38(36,37)34-16-6-7-17-34)18-22(20)24-11-10-23(29)27(31-24)28(35)32-25-19-30-13-12-26(25)33-14-4-3-5-15-33/h2,8-13,18-19H,1,3-7,14-17,29H2,(H,32,35). The molecule has 2 aliphatic rings. The molecule has 2 fully saturated rings. The number of nitrogen functional groups attached to an aromatic ring is 1. The predicted octanol–water partition coefficient (Wildman–Crippen LogP) is 4.40. The highest BCUT2D eigenvalue weighted by atomic mass is 32.2. The van der Waals surface area contributed by atoms with Crippen molar-refractivity contribution >= 4 is 39.1 Å². The third kappa shape index (κ3) is 5.14. The van der Waals surface area contributed by atoms with Crippen LogP contribution in [0.1, 0.15) is 48.2 Å². The Labute approximate surface area is 223 Å². The van der Waals surface area contributed by atoms with Crippen molar-refractivity contribution in [3.63, 3.8) is 0 Å². The summed E-state index contributed by atoms with van der Waals surface area (Å²) in [6, 6.07) is 10.1. The molecule has 2 saturated heterocycles. The van der Waals surface area contributed by atoms with E-state index >= 15 is 0 Å². The van der Waals surface area contributed by atoms with Gasteiger partial charge in [0.05, 0.1) is 33.8 Å². The van der Waals surface area contributed by atoms with E-state index < -0.39 is 15.9 Å². The Morgan fingerprint density at radius 3 is 2.47 bits per heavy atom. The van der Waals surface area contributed by atoms with Gasteiger partial charge in [0.1, 0.15) is 0 Å². The van der Waals surface area contributed by atoms with Crippen molar-refractivity contribution in [2.45, 2.75) is 37.0 Å². The van der Waals surface area contributed by atoms with Gasteiger partial charge in [0.2, 0.25) is 10.0 Å². The monoisotopic (exact) mass is 532 g/mol. The summed E-state index contributed by atoms with van der Waals surface area (Å²) in [6.45, 7) is 6.73. The maximum Gasteiger partial charge on any atom is 0.276 e. The zero-order valence-electron chi connectivity index (χ0n) is 21.3. The van der Waals surface area contributed by atoms with Gasteiger partial charge in [-0.3, -0.25) is 9.78 Å². The van der Waals surface area contributed by atoms with Crippen LogP contribution in [0.3, 0.4) is 0 Å². The van der Waals surface area contributed by atoms with E-state index in [0.29, 0.717) is 35.6 Å². The Kier molecular flexibility index (Phi) is 7.44. The largest absolute Gasteiger partial charge is 0.397 e. The fraction of sp³-hybridized carbons (Fsp3) is 0.321. The fourth-order valence-electron chi connectivity index (χ4n) is 5.05. The fourth-order valence-corrected chi connectivity index (χ4v) is 6.59. The van der Waals surface area contributed by atoms with Crippen LogP contribution in [0.15, 0.2) is 60.3 Å². The van der Waals surface area contributed by atoms with Crippen LogP contribution in [0.4, 0.5) is 17.1 Å². The third-order valence-electron chi connectivity index (χ3n) is 7.11. The van der Waals surface area contributed by atoms with Crippen LogP contribution in [0, 0.1) is 0 Å². The average molecular weight is 533 g/mol. The molecule has 3 aromatic rings. The first-order valence-corrected chi connectivity index (χ1v) is 14.4. The second kappa shape index (κ2) is 10.9. The SMILES string of the molecule is C=Cc1ccc(S(=O)(=O)N2CCCC2)cc1-c1ccc(N)c(C(=O)Nc2cnccc2N2CCCCC2)n1. The van der Waals surface area contributed by atoms with Crippen LogP contribution < -0.4 is 16.0 Å². The molecule has 0 saturated carbocycles. The number of anilines is 3. The number of rotatable bonds is 7. The number of carbonyl (C=O) groups is 1. The van der Waals surface area contributed by atoms with E-state index in [1.807, 2.05) is 6.07 Å².